The minimum atomic E-state index is -4.25. The lowest BCUT2D eigenvalue weighted by atomic mass is 10.1. The van der Waals surface area contributed by atoms with Gasteiger partial charge in [-0.15, -0.1) is 0 Å². The third-order valence-electron chi connectivity index (χ3n) is 6.23. The first-order valence-electron chi connectivity index (χ1n) is 12.8. The van der Waals surface area contributed by atoms with Crippen LogP contribution in [0.2, 0.25) is 10.0 Å². The molecule has 40 heavy (non-hydrogen) atoms. The van der Waals surface area contributed by atoms with Gasteiger partial charge in [0.05, 0.1) is 20.6 Å². The van der Waals surface area contributed by atoms with Crippen molar-refractivity contribution in [1.82, 2.24) is 10.2 Å². The summed E-state index contributed by atoms with van der Waals surface area (Å²) in [5.74, 6) is -0.939. The molecule has 0 fully saturated rings. The van der Waals surface area contributed by atoms with Gasteiger partial charge >= 0.3 is 0 Å². The number of sulfonamides is 1. The lowest BCUT2D eigenvalue weighted by Gasteiger charge is -2.33. The van der Waals surface area contributed by atoms with Crippen LogP contribution >= 0.6 is 23.2 Å². The second-order valence-corrected chi connectivity index (χ2v) is 13.5. The number of carbonyl (C=O) groups is 2. The van der Waals surface area contributed by atoms with Crippen LogP contribution < -0.4 is 9.62 Å². The predicted octanol–water partition coefficient (Wildman–Crippen LogP) is 6.14. The van der Waals surface area contributed by atoms with Crippen LogP contribution in [0.4, 0.5) is 5.69 Å². The van der Waals surface area contributed by atoms with Gasteiger partial charge in [0, 0.05) is 12.1 Å². The normalized spacial score (nSPS) is 12.5. The highest BCUT2D eigenvalue weighted by Gasteiger charge is 2.34. The molecular formula is C30H35Cl2N3O4S. The number of amides is 2. The molecule has 214 valence electrons. The monoisotopic (exact) mass is 603 g/mol. The Hall–Kier alpha value is -3.07. The number of halogens is 2. The van der Waals surface area contributed by atoms with Crippen molar-refractivity contribution < 1.29 is 18.0 Å². The van der Waals surface area contributed by atoms with Crippen molar-refractivity contribution in [2.75, 3.05) is 10.8 Å². The van der Waals surface area contributed by atoms with Gasteiger partial charge in [0.1, 0.15) is 12.6 Å². The minimum absolute atomic E-state index is 0.00346. The number of carbonyl (C=O) groups excluding carboxylic acids is 2. The summed E-state index contributed by atoms with van der Waals surface area (Å²) < 4.78 is 28.8. The molecule has 0 aliphatic carbocycles. The van der Waals surface area contributed by atoms with Crippen LogP contribution in [-0.4, -0.2) is 43.3 Å². The number of hydrogen-bond acceptors (Lipinski definition) is 4. The summed E-state index contributed by atoms with van der Waals surface area (Å²) in [5.41, 5.74) is 2.25. The maximum Gasteiger partial charge on any atom is 0.264 e. The molecule has 0 aromatic heterocycles. The number of rotatable bonds is 9. The Kier molecular flexibility index (Phi) is 9.93. The average molecular weight is 605 g/mol. The van der Waals surface area contributed by atoms with Gasteiger partial charge in [0.25, 0.3) is 10.0 Å². The summed E-state index contributed by atoms with van der Waals surface area (Å²) in [6.07, 6.45) is 0. The summed E-state index contributed by atoms with van der Waals surface area (Å²) in [5, 5.41) is 3.05. The van der Waals surface area contributed by atoms with E-state index in [1.54, 1.807) is 25.1 Å². The molecule has 3 aromatic rings. The molecule has 0 saturated heterocycles. The van der Waals surface area contributed by atoms with Crippen LogP contribution in [0.15, 0.2) is 71.6 Å². The summed E-state index contributed by atoms with van der Waals surface area (Å²) in [6, 6.07) is 17.6. The van der Waals surface area contributed by atoms with Crippen molar-refractivity contribution in [2.45, 2.75) is 64.6 Å². The molecule has 0 aliphatic rings. The highest BCUT2D eigenvalue weighted by Crippen LogP contribution is 2.35. The molecule has 0 spiro atoms. The van der Waals surface area contributed by atoms with E-state index in [0.29, 0.717) is 0 Å². The molecule has 2 amide bonds. The Morgan fingerprint density at radius 1 is 0.900 bits per heavy atom. The molecule has 7 nitrogen and oxygen atoms in total. The minimum Gasteiger partial charge on any atom is -0.350 e. The highest BCUT2D eigenvalue weighted by atomic mass is 35.5. The molecule has 0 bridgehead atoms. The maximum absolute atomic E-state index is 14.0. The molecule has 0 radical (unpaired) electrons. The van der Waals surface area contributed by atoms with E-state index in [0.717, 1.165) is 21.0 Å². The number of nitrogens with one attached hydrogen (secondary N) is 1. The lowest BCUT2D eigenvalue weighted by Crippen LogP contribution is -2.54. The third-order valence-corrected chi connectivity index (χ3v) is 8.81. The van der Waals surface area contributed by atoms with Crippen molar-refractivity contribution in [3.05, 3.63) is 93.5 Å². The topological polar surface area (TPSA) is 86.8 Å². The van der Waals surface area contributed by atoms with E-state index < -0.39 is 34.1 Å². The lowest BCUT2D eigenvalue weighted by molar-refractivity contribution is -0.140. The molecule has 10 heteroatoms. The predicted molar refractivity (Wildman–Crippen MR) is 161 cm³/mol. The standard InChI is InChI=1S/C30H35Cl2N3O4S/c1-20-10-14-23(15-11-20)18-34(22(3)29(37)33-30(4,5)6)27(36)19-35(26-9-7-8-25(31)28(26)32)40(38,39)24-16-12-21(2)13-17-24/h7-17,22H,18-19H2,1-6H3,(H,33,37). The largest absolute Gasteiger partial charge is 0.350 e. The SMILES string of the molecule is Cc1ccc(CN(C(=O)CN(c2cccc(Cl)c2Cl)S(=O)(=O)c2ccc(C)cc2)C(C)C(=O)NC(C)(C)C)cc1. The Morgan fingerprint density at radius 3 is 2.00 bits per heavy atom. The Balaban J connectivity index is 2.08. The quantitative estimate of drug-likeness (QED) is 0.318. The number of benzene rings is 3. The fourth-order valence-corrected chi connectivity index (χ4v) is 5.86. The van der Waals surface area contributed by atoms with Gasteiger partial charge in [-0.25, -0.2) is 8.42 Å². The van der Waals surface area contributed by atoms with Gasteiger partial charge in [-0.1, -0.05) is 76.8 Å². The highest BCUT2D eigenvalue weighted by molar-refractivity contribution is 7.92. The Bertz CT molecular complexity index is 1470. The van der Waals surface area contributed by atoms with Gasteiger partial charge in [-0.3, -0.25) is 13.9 Å². The Labute approximate surface area is 247 Å². The van der Waals surface area contributed by atoms with E-state index in [4.69, 9.17) is 23.2 Å². The average Bonchev–Trinajstić information content (AvgIpc) is 2.87. The number of nitrogens with zero attached hydrogens (tertiary/aromatic N) is 2. The molecule has 1 atom stereocenters. The molecule has 0 aliphatic heterocycles. The molecule has 1 N–H and O–H groups in total. The van der Waals surface area contributed by atoms with Crippen LogP contribution in [0.1, 0.15) is 44.4 Å². The van der Waals surface area contributed by atoms with Gasteiger partial charge in [-0.2, -0.15) is 0 Å². The van der Waals surface area contributed by atoms with Gasteiger partial charge < -0.3 is 10.2 Å². The second kappa shape index (κ2) is 12.6. The first-order chi connectivity index (χ1) is 18.6. The van der Waals surface area contributed by atoms with E-state index in [2.05, 4.69) is 5.32 Å². The van der Waals surface area contributed by atoms with E-state index >= 15 is 0 Å². The van der Waals surface area contributed by atoms with Crippen LogP contribution in [0, 0.1) is 13.8 Å². The summed E-state index contributed by atoms with van der Waals surface area (Å²) in [6.45, 7) is 10.5. The summed E-state index contributed by atoms with van der Waals surface area (Å²) in [4.78, 5) is 28.5. The fourth-order valence-electron chi connectivity index (χ4n) is 3.98. The van der Waals surface area contributed by atoms with Crippen LogP contribution in [0.25, 0.3) is 0 Å². The molecule has 0 saturated carbocycles. The van der Waals surface area contributed by atoms with Crippen molar-refractivity contribution >= 4 is 50.7 Å². The number of anilines is 1. The van der Waals surface area contributed by atoms with Crippen molar-refractivity contribution in [2.24, 2.45) is 0 Å². The van der Waals surface area contributed by atoms with Crippen molar-refractivity contribution in [3.63, 3.8) is 0 Å². The van der Waals surface area contributed by atoms with E-state index in [1.165, 1.54) is 29.2 Å². The van der Waals surface area contributed by atoms with Crippen LogP contribution in [0.5, 0.6) is 0 Å². The second-order valence-electron chi connectivity index (χ2n) is 10.8. The molecule has 0 heterocycles. The molecular weight excluding hydrogens is 569 g/mol. The zero-order chi connectivity index (χ0) is 29.8. The zero-order valence-electron chi connectivity index (χ0n) is 23.5. The molecule has 1 unspecified atom stereocenters. The third kappa shape index (κ3) is 7.77. The van der Waals surface area contributed by atoms with Crippen molar-refractivity contribution in [1.29, 1.82) is 0 Å². The van der Waals surface area contributed by atoms with Crippen molar-refractivity contribution in [3.8, 4) is 0 Å². The van der Waals surface area contributed by atoms with Gasteiger partial charge in [-0.05, 0) is 71.4 Å². The van der Waals surface area contributed by atoms with E-state index in [1.807, 2.05) is 58.9 Å². The maximum atomic E-state index is 14.0. The number of hydrogen-bond donors (Lipinski definition) is 1. The summed E-state index contributed by atoms with van der Waals surface area (Å²) in [7, 11) is -4.25. The Morgan fingerprint density at radius 2 is 1.45 bits per heavy atom. The smallest absolute Gasteiger partial charge is 0.264 e. The molecule has 3 rings (SSSR count). The first-order valence-corrected chi connectivity index (χ1v) is 15.0. The van der Waals surface area contributed by atoms with Crippen LogP contribution in [-0.2, 0) is 26.2 Å². The first kappa shape index (κ1) is 31.5. The fraction of sp³-hybridized carbons (Fsp3) is 0.333. The van der Waals surface area contributed by atoms with Gasteiger partial charge in [0.2, 0.25) is 11.8 Å². The van der Waals surface area contributed by atoms with E-state index in [9.17, 15) is 18.0 Å². The van der Waals surface area contributed by atoms with Gasteiger partial charge in [0.15, 0.2) is 0 Å². The molecule has 3 aromatic carbocycles. The van der Waals surface area contributed by atoms with Crippen LogP contribution in [0.3, 0.4) is 0 Å². The summed E-state index contributed by atoms with van der Waals surface area (Å²) >= 11 is 12.7. The van der Waals surface area contributed by atoms with E-state index in [-0.39, 0.29) is 33.1 Å². The number of aryl methyl sites for hydroxylation is 2. The zero-order valence-corrected chi connectivity index (χ0v) is 25.9.